The van der Waals surface area contributed by atoms with E-state index in [-0.39, 0.29) is 24.7 Å². The summed E-state index contributed by atoms with van der Waals surface area (Å²) in [7, 11) is -3.38. The number of hydrogen-bond acceptors (Lipinski definition) is 5. The van der Waals surface area contributed by atoms with Crippen molar-refractivity contribution >= 4 is 54.6 Å². The Morgan fingerprint density at radius 2 is 2.00 bits per heavy atom. The summed E-state index contributed by atoms with van der Waals surface area (Å²) in [5, 5.41) is 0.162. The summed E-state index contributed by atoms with van der Waals surface area (Å²) >= 11 is 10.8. The number of aromatic nitrogens is 1. The number of amides is 1. The first-order valence-electron chi connectivity index (χ1n) is 9.28. The van der Waals surface area contributed by atoms with Gasteiger partial charge in [0.15, 0.2) is 9.84 Å². The number of carbonyl (C=O) groups is 1. The number of thiazole rings is 1. The third-order valence-corrected chi connectivity index (χ3v) is 9.47. The Hall–Kier alpha value is -1.74. The van der Waals surface area contributed by atoms with Crippen molar-refractivity contribution in [2.75, 3.05) is 18.8 Å². The zero-order valence-electron chi connectivity index (χ0n) is 15.8. The average molecular weight is 526 g/mol. The topological polar surface area (TPSA) is 67.3 Å². The van der Waals surface area contributed by atoms with Crippen LogP contribution in [0.25, 0.3) is 0 Å². The number of hydrogen-bond donors (Lipinski definition) is 0. The molecule has 1 saturated heterocycles. The van der Waals surface area contributed by atoms with Gasteiger partial charge in [-0.2, -0.15) is 0 Å². The van der Waals surface area contributed by atoms with E-state index >= 15 is 0 Å². The molecule has 156 valence electrons. The maximum Gasteiger partial charge on any atom is 0.253 e. The molecule has 1 fully saturated rings. The zero-order chi connectivity index (χ0) is 21.3. The van der Waals surface area contributed by atoms with Crippen molar-refractivity contribution in [3.8, 4) is 0 Å². The van der Waals surface area contributed by atoms with Gasteiger partial charge in [0.2, 0.25) is 0 Å². The van der Waals surface area contributed by atoms with Crippen LogP contribution < -0.4 is 0 Å². The van der Waals surface area contributed by atoms with Gasteiger partial charge in [-0.25, -0.2) is 13.4 Å². The van der Waals surface area contributed by atoms with Gasteiger partial charge >= 0.3 is 0 Å². The van der Waals surface area contributed by atoms with Crippen molar-refractivity contribution in [3.05, 3.63) is 85.2 Å². The van der Waals surface area contributed by atoms with Crippen LogP contribution in [0.15, 0.2) is 59.2 Å². The fourth-order valence-corrected chi connectivity index (χ4v) is 6.83. The minimum Gasteiger partial charge on any atom is -0.336 e. The Kier molecular flexibility index (Phi) is 6.29. The summed E-state index contributed by atoms with van der Waals surface area (Å²) in [5.74, 6) is -0.313. The predicted molar refractivity (Wildman–Crippen MR) is 123 cm³/mol. The molecule has 4 rings (SSSR count). The molecule has 0 N–H and O–H groups in total. The Morgan fingerprint density at radius 1 is 1.23 bits per heavy atom. The molecule has 9 heteroatoms. The van der Waals surface area contributed by atoms with Crippen molar-refractivity contribution in [1.82, 2.24) is 9.88 Å². The van der Waals surface area contributed by atoms with Crippen LogP contribution in [-0.4, -0.2) is 43.1 Å². The molecule has 0 radical (unpaired) electrons. The van der Waals surface area contributed by atoms with Gasteiger partial charge < -0.3 is 4.90 Å². The molecule has 1 amide bonds. The molecule has 0 bridgehead atoms. The Morgan fingerprint density at radius 3 is 2.73 bits per heavy atom. The largest absolute Gasteiger partial charge is 0.336 e. The smallest absolute Gasteiger partial charge is 0.253 e. The van der Waals surface area contributed by atoms with Gasteiger partial charge in [0.25, 0.3) is 5.91 Å². The third kappa shape index (κ3) is 4.61. The number of sulfone groups is 1. The molecule has 1 aliphatic heterocycles. The van der Waals surface area contributed by atoms with Gasteiger partial charge in [-0.3, -0.25) is 4.79 Å². The highest BCUT2D eigenvalue weighted by atomic mass is 79.9. The van der Waals surface area contributed by atoms with Crippen molar-refractivity contribution in [3.63, 3.8) is 0 Å². The fraction of sp³-hybridized carbons (Fsp3) is 0.238. The van der Waals surface area contributed by atoms with E-state index in [4.69, 9.17) is 11.6 Å². The lowest BCUT2D eigenvalue weighted by molar-refractivity contribution is 0.0758. The van der Waals surface area contributed by atoms with Gasteiger partial charge in [-0.05, 0) is 39.7 Å². The summed E-state index contributed by atoms with van der Waals surface area (Å²) in [6.07, 6.45) is 2.43. The van der Waals surface area contributed by atoms with E-state index in [0.29, 0.717) is 26.5 Å². The van der Waals surface area contributed by atoms with Gasteiger partial charge in [-0.1, -0.05) is 41.9 Å². The van der Waals surface area contributed by atoms with Crippen molar-refractivity contribution in [2.45, 2.75) is 11.7 Å². The SMILES string of the molecule is O=C(c1ccc(Br)c(Cl)c1)N1CCS(=O)(=O)[C@H](c2ncc(Cc3ccccc3)s2)C1. The maximum absolute atomic E-state index is 12.9. The van der Waals surface area contributed by atoms with E-state index in [0.717, 1.165) is 10.4 Å². The summed E-state index contributed by atoms with van der Waals surface area (Å²) in [5.41, 5.74) is 1.58. The highest BCUT2D eigenvalue weighted by molar-refractivity contribution is 9.10. The van der Waals surface area contributed by atoms with Gasteiger partial charge in [0.1, 0.15) is 10.3 Å². The highest BCUT2D eigenvalue weighted by Gasteiger charge is 2.38. The zero-order valence-corrected chi connectivity index (χ0v) is 19.8. The Balaban J connectivity index is 1.55. The fourth-order valence-electron chi connectivity index (χ4n) is 3.36. The quantitative estimate of drug-likeness (QED) is 0.492. The molecule has 3 aromatic rings. The maximum atomic E-state index is 12.9. The predicted octanol–water partition coefficient (Wildman–Crippen LogP) is 4.76. The van der Waals surface area contributed by atoms with Gasteiger partial charge in [-0.15, -0.1) is 11.3 Å². The first kappa shape index (κ1) is 21.5. The third-order valence-electron chi connectivity index (χ3n) is 4.99. The molecule has 30 heavy (non-hydrogen) atoms. The van der Waals surface area contributed by atoms with Crippen LogP contribution in [0.1, 0.15) is 31.1 Å². The standard InChI is InChI=1S/C21H18BrClN2O3S2/c22-17-7-6-15(11-18(17)23)21(26)25-8-9-30(27,28)19(13-25)20-24-12-16(29-20)10-14-4-2-1-3-5-14/h1-7,11-12,19H,8-10,13H2/t19-/m0/s1. The van der Waals surface area contributed by atoms with Crippen LogP contribution in [0.2, 0.25) is 5.02 Å². The molecule has 0 unspecified atom stereocenters. The van der Waals surface area contributed by atoms with Crippen LogP contribution in [0.5, 0.6) is 0 Å². The molecule has 0 spiro atoms. The minimum absolute atomic E-state index is 0.0821. The molecule has 1 atom stereocenters. The summed E-state index contributed by atoms with van der Waals surface area (Å²) in [6, 6.07) is 14.9. The van der Waals surface area contributed by atoms with Crippen molar-refractivity contribution in [1.29, 1.82) is 0 Å². The number of rotatable bonds is 4. The molecule has 2 heterocycles. The minimum atomic E-state index is -3.38. The number of benzene rings is 2. The molecule has 0 saturated carbocycles. The second-order valence-corrected chi connectivity index (χ2v) is 11.8. The normalized spacial score (nSPS) is 18.3. The number of carbonyl (C=O) groups excluding carboxylic acids is 1. The Labute approximate surface area is 192 Å². The molecule has 1 aromatic heterocycles. The Bertz CT molecular complexity index is 1180. The molecule has 0 aliphatic carbocycles. The van der Waals surface area contributed by atoms with E-state index < -0.39 is 15.1 Å². The molecule has 1 aliphatic rings. The molecule has 2 aromatic carbocycles. The average Bonchev–Trinajstić information content (AvgIpc) is 3.18. The van der Waals surface area contributed by atoms with E-state index in [9.17, 15) is 13.2 Å². The highest BCUT2D eigenvalue weighted by Crippen LogP contribution is 2.33. The monoisotopic (exact) mass is 524 g/mol. The lowest BCUT2D eigenvalue weighted by Crippen LogP contribution is -2.45. The van der Waals surface area contributed by atoms with Crippen molar-refractivity contribution < 1.29 is 13.2 Å². The number of halogens is 2. The summed E-state index contributed by atoms with van der Waals surface area (Å²) in [6.45, 7) is 0.251. The van der Waals surface area contributed by atoms with E-state index in [1.165, 1.54) is 11.3 Å². The second kappa shape index (κ2) is 8.78. The lowest BCUT2D eigenvalue weighted by atomic mass is 10.1. The molecular weight excluding hydrogens is 508 g/mol. The van der Waals surface area contributed by atoms with Gasteiger partial charge in [0, 0.05) is 40.6 Å². The first-order chi connectivity index (χ1) is 14.3. The van der Waals surface area contributed by atoms with Crippen molar-refractivity contribution in [2.24, 2.45) is 0 Å². The molecular formula is C21H18BrClN2O3S2. The van der Waals surface area contributed by atoms with E-state index in [1.54, 1.807) is 29.3 Å². The van der Waals surface area contributed by atoms with Crippen LogP contribution in [0.3, 0.4) is 0 Å². The summed E-state index contributed by atoms with van der Waals surface area (Å²) < 4.78 is 26.2. The van der Waals surface area contributed by atoms with E-state index in [1.807, 2.05) is 30.3 Å². The summed E-state index contributed by atoms with van der Waals surface area (Å²) in [4.78, 5) is 19.9. The molecule has 5 nitrogen and oxygen atoms in total. The second-order valence-electron chi connectivity index (χ2n) is 7.06. The van der Waals surface area contributed by atoms with Crippen LogP contribution in [-0.2, 0) is 16.3 Å². The van der Waals surface area contributed by atoms with Gasteiger partial charge in [0.05, 0.1) is 10.8 Å². The van der Waals surface area contributed by atoms with Crippen LogP contribution in [0.4, 0.5) is 0 Å². The van der Waals surface area contributed by atoms with Crippen LogP contribution >= 0.6 is 38.9 Å². The number of nitrogens with zero attached hydrogens (tertiary/aromatic N) is 2. The first-order valence-corrected chi connectivity index (χ1v) is 13.0. The van der Waals surface area contributed by atoms with E-state index in [2.05, 4.69) is 20.9 Å². The lowest BCUT2D eigenvalue weighted by Gasteiger charge is -2.31. The van der Waals surface area contributed by atoms with Crippen LogP contribution in [0, 0.1) is 0 Å².